The third-order valence-electron chi connectivity index (χ3n) is 3.57. The molecule has 5 nitrogen and oxygen atoms in total. The van der Waals surface area contributed by atoms with Crippen LogP contribution in [0, 0.1) is 5.92 Å². The molecule has 106 valence electrons. The van der Waals surface area contributed by atoms with Crippen molar-refractivity contribution in [3.63, 3.8) is 0 Å². The zero-order valence-electron chi connectivity index (χ0n) is 10.5. The van der Waals surface area contributed by atoms with Crippen LogP contribution in [-0.2, 0) is 10.0 Å². The summed E-state index contributed by atoms with van der Waals surface area (Å²) in [5.74, 6) is 0.477. The van der Waals surface area contributed by atoms with Crippen LogP contribution in [0.3, 0.4) is 0 Å². The van der Waals surface area contributed by atoms with Crippen LogP contribution in [0.4, 0.5) is 5.69 Å². The van der Waals surface area contributed by atoms with Crippen molar-refractivity contribution >= 4 is 31.6 Å². The van der Waals surface area contributed by atoms with E-state index in [9.17, 15) is 8.42 Å². The molecular weight excluding hydrogens is 330 g/mol. The van der Waals surface area contributed by atoms with Gasteiger partial charge in [0.15, 0.2) is 0 Å². The van der Waals surface area contributed by atoms with Crippen molar-refractivity contribution in [3.05, 3.63) is 22.7 Å². The fraction of sp³-hybridized carbons (Fsp3) is 0.500. The second-order valence-electron chi connectivity index (χ2n) is 4.86. The fourth-order valence-electron chi connectivity index (χ4n) is 2.50. The van der Waals surface area contributed by atoms with Crippen molar-refractivity contribution in [2.45, 2.75) is 30.2 Å². The Hall–Kier alpha value is -0.630. The quantitative estimate of drug-likeness (QED) is 0.770. The topological polar surface area (TPSA) is 98.2 Å². The lowest BCUT2D eigenvalue weighted by atomic mass is 10.0. The van der Waals surface area contributed by atoms with E-state index < -0.39 is 10.0 Å². The Kier molecular flexibility index (Phi) is 4.50. The highest BCUT2D eigenvalue weighted by Gasteiger charge is 2.26. The first kappa shape index (κ1) is 14.8. The normalized spacial score (nSPS) is 23.5. The van der Waals surface area contributed by atoms with E-state index in [0.29, 0.717) is 23.0 Å². The molecule has 0 heterocycles. The summed E-state index contributed by atoms with van der Waals surface area (Å²) in [5.41, 5.74) is 6.62. The molecule has 0 aromatic heterocycles. The number of anilines is 1. The molecule has 19 heavy (non-hydrogen) atoms. The van der Waals surface area contributed by atoms with Crippen LogP contribution in [0.15, 0.2) is 27.6 Å². The highest BCUT2D eigenvalue weighted by molar-refractivity contribution is 9.10. The van der Waals surface area contributed by atoms with Crippen LogP contribution in [-0.4, -0.2) is 21.0 Å². The van der Waals surface area contributed by atoms with E-state index >= 15 is 0 Å². The molecule has 1 aliphatic rings. The molecule has 1 aromatic rings. The summed E-state index contributed by atoms with van der Waals surface area (Å²) in [7, 11) is -3.66. The van der Waals surface area contributed by atoms with Crippen molar-refractivity contribution in [1.82, 2.24) is 0 Å². The van der Waals surface area contributed by atoms with Gasteiger partial charge in [0, 0.05) is 16.2 Å². The Labute approximate surface area is 121 Å². The van der Waals surface area contributed by atoms with Gasteiger partial charge in [0.05, 0.1) is 4.90 Å². The van der Waals surface area contributed by atoms with E-state index in [1.165, 1.54) is 18.6 Å². The van der Waals surface area contributed by atoms with Crippen LogP contribution in [0.25, 0.3) is 0 Å². The van der Waals surface area contributed by atoms with Gasteiger partial charge >= 0.3 is 0 Å². The Morgan fingerprint density at radius 2 is 2.11 bits per heavy atom. The number of nitrogens with two attached hydrogens (primary N) is 2. The van der Waals surface area contributed by atoms with E-state index in [4.69, 9.17) is 10.9 Å². The summed E-state index contributed by atoms with van der Waals surface area (Å²) in [6, 6.07) is 5.11. The first-order valence-electron chi connectivity index (χ1n) is 6.21. The molecule has 0 bridgehead atoms. The minimum atomic E-state index is -3.66. The number of rotatable bonds is 4. The molecule has 5 N–H and O–H groups in total. The van der Waals surface area contributed by atoms with Crippen LogP contribution in [0.2, 0.25) is 0 Å². The van der Waals surface area contributed by atoms with Gasteiger partial charge in [-0.25, -0.2) is 13.6 Å². The van der Waals surface area contributed by atoms with Gasteiger partial charge in [-0.3, -0.25) is 0 Å². The van der Waals surface area contributed by atoms with Gasteiger partial charge < -0.3 is 11.1 Å². The zero-order chi connectivity index (χ0) is 14.0. The maximum absolute atomic E-state index is 11.3. The van der Waals surface area contributed by atoms with Gasteiger partial charge in [0.25, 0.3) is 0 Å². The Balaban J connectivity index is 2.18. The number of hydrogen-bond acceptors (Lipinski definition) is 4. The molecule has 2 rings (SSSR count). The number of sulfonamides is 1. The molecule has 7 heteroatoms. The highest BCUT2D eigenvalue weighted by Crippen LogP contribution is 2.31. The minimum Gasteiger partial charge on any atom is -0.381 e. The maximum atomic E-state index is 11.3. The monoisotopic (exact) mass is 347 g/mol. The Bertz CT molecular complexity index is 562. The molecule has 0 spiro atoms. The summed E-state index contributed by atoms with van der Waals surface area (Å²) in [6.45, 7) is 0.671. The standard InChI is InChI=1S/C12H18BrN3O2S/c13-10-6-9(19(15,17)18)4-5-12(10)16-11-3-1-2-8(11)7-14/h4-6,8,11,16H,1-3,7,14H2,(H2,15,17,18). The van der Waals surface area contributed by atoms with Gasteiger partial charge in [-0.15, -0.1) is 0 Å². The number of primary sulfonamides is 1. The predicted molar refractivity (Wildman–Crippen MR) is 79.3 cm³/mol. The number of nitrogens with one attached hydrogen (secondary N) is 1. The SMILES string of the molecule is NCC1CCCC1Nc1ccc(S(N)(=O)=O)cc1Br. The molecule has 0 aliphatic heterocycles. The second-order valence-corrected chi connectivity index (χ2v) is 7.28. The average molecular weight is 348 g/mol. The molecular formula is C12H18BrN3O2S. The number of halogens is 1. The van der Waals surface area contributed by atoms with Gasteiger partial charge in [-0.2, -0.15) is 0 Å². The van der Waals surface area contributed by atoms with Crippen molar-refractivity contribution in [2.24, 2.45) is 16.8 Å². The smallest absolute Gasteiger partial charge is 0.238 e. The molecule has 1 saturated carbocycles. The molecule has 2 unspecified atom stereocenters. The molecule has 0 radical (unpaired) electrons. The molecule has 2 atom stereocenters. The first-order chi connectivity index (χ1) is 8.91. The third kappa shape index (κ3) is 3.47. The van der Waals surface area contributed by atoms with Crippen LogP contribution in [0.1, 0.15) is 19.3 Å². The Morgan fingerprint density at radius 3 is 2.68 bits per heavy atom. The summed E-state index contributed by atoms with van der Waals surface area (Å²) >= 11 is 3.37. The molecule has 1 fully saturated rings. The van der Waals surface area contributed by atoms with Gasteiger partial charge in [-0.1, -0.05) is 6.42 Å². The summed E-state index contributed by atoms with van der Waals surface area (Å²) in [4.78, 5) is 0.103. The summed E-state index contributed by atoms with van der Waals surface area (Å²) in [5, 5.41) is 8.52. The van der Waals surface area contributed by atoms with E-state index in [0.717, 1.165) is 18.5 Å². The van der Waals surface area contributed by atoms with E-state index in [1.807, 2.05) is 0 Å². The maximum Gasteiger partial charge on any atom is 0.238 e. The highest BCUT2D eigenvalue weighted by atomic mass is 79.9. The fourth-order valence-corrected chi connectivity index (χ4v) is 3.68. The lowest BCUT2D eigenvalue weighted by Crippen LogP contribution is -2.29. The average Bonchev–Trinajstić information content (AvgIpc) is 2.77. The van der Waals surface area contributed by atoms with Crippen molar-refractivity contribution in [2.75, 3.05) is 11.9 Å². The largest absolute Gasteiger partial charge is 0.381 e. The first-order valence-corrected chi connectivity index (χ1v) is 8.54. The zero-order valence-corrected chi connectivity index (χ0v) is 12.9. The van der Waals surface area contributed by atoms with Crippen LogP contribution < -0.4 is 16.2 Å². The summed E-state index contributed by atoms with van der Waals surface area (Å²) in [6.07, 6.45) is 3.40. The molecule has 1 aliphatic carbocycles. The van der Waals surface area contributed by atoms with Crippen molar-refractivity contribution in [3.8, 4) is 0 Å². The van der Waals surface area contributed by atoms with E-state index in [1.54, 1.807) is 6.07 Å². The lowest BCUT2D eigenvalue weighted by Gasteiger charge is -2.21. The molecule has 0 saturated heterocycles. The Morgan fingerprint density at radius 1 is 1.37 bits per heavy atom. The van der Waals surface area contributed by atoms with E-state index in [2.05, 4.69) is 21.2 Å². The van der Waals surface area contributed by atoms with Crippen LogP contribution >= 0.6 is 15.9 Å². The van der Waals surface area contributed by atoms with Gasteiger partial charge in [-0.05, 0) is 59.4 Å². The number of benzene rings is 1. The predicted octanol–water partition coefficient (Wildman–Crippen LogP) is 1.64. The van der Waals surface area contributed by atoms with Gasteiger partial charge in [0.1, 0.15) is 0 Å². The second kappa shape index (κ2) is 5.78. The van der Waals surface area contributed by atoms with Gasteiger partial charge in [0.2, 0.25) is 10.0 Å². The number of hydrogen-bond donors (Lipinski definition) is 3. The van der Waals surface area contributed by atoms with Crippen molar-refractivity contribution in [1.29, 1.82) is 0 Å². The van der Waals surface area contributed by atoms with E-state index in [-0.39, 0.29) is 4.90 Å². The molecule has 0 amide bonds. The molecule has 1 aromatic carbocycles. The lowest BCUT2D eigenvalue weighted by molar-refractivity contribution is 0.516. The third-order valence-corrected chi connectivity index (χ3v) is 5.14. The van der Waals surface area contributed by atoms with Crippen LogP contribution in [0.5, 0.6) is 0 Å². The van der Waals surface area contributed by atoms with Crippen molar-refractivity contribution < 1.29 is 8.42 Å². The minimum absolute atomic E-state index is 0.103. The summed E-state index contributed by atoms with van der Waals surface area (Å²) < 4.78 is 23.2.